The number of para-hydroxylation sites is 3. The third-order valence-corrected chi connectivity index (χ3v) is 5.67. The van der Waals surface area contributed by atoms with Crippen molar-refractivity contribution in [2.24, 2.45) is 0 Å². The van der Waals surface area contributed by atoms with E-state index in [0.29, 0.717) is 0 Å². The van der Waals surface area contributed by atoms with Gasteiger partial charge in [0.1, 0.15) is 0 Å². The summed E-state index contributed by atoms with van der Waals surface area (Å²) in [6.45, 7) is 0. The molecule has 1 N–H and O–H groups in total. The Hall–Kier alpha value is -3.04. The average Bonchev–Trinajstić information content (AvgIpc) is 3.11. The minimum Gasteiger partial charge on any atom is -0.354 e. The Bertz CT molecular complexity index is 1190. The Balaban J connectivity index is 1.78. The Morgan fingerprint density at radius 1 is 0.593 bits per heavy atom. The highest BCUT2D eigenvalue weighted by molar-refractivity contribution is 9.10. The van der Waals surface area contributed by atoms with E-state index in [-0.39, 0.29) is 0 Å². The summed E-state index contributed by atoms with van der Waals surface area (Å²) in [4.78, 5) is 5.84. The SMILES string of the molecule is Brc1c(N(c2ccccc2)c2ccccc2)ccc2c1[nH]c1ccccc12. The summed E-state index contributed by atoms with van der Waals surface area (Å²) in [6, 6.07) is 33.7. The van der Waals surface area contributed by atoms with Crippen molar-refractivity contribution in [2.45, 2.75) is 0 Å². The van der Waals surface area contributed by atoms with Gasteiger partial charge in [-0.2, -0.15) is 0 Å². The molecular weight excluding hydrogens is 396 g/mol. The number of hydrogen-bond donors (Lipinski definition) is 1. The fraction of sp³-hybridized carbons (Fsp3) is 0. The Labute approximate surface area is 166 Å². The largest absolute Gasteiger partial charge is 0.354 e. The van der Waals surface area contributed by atoms with Crippen LogP contribution in [-0.4, -0.2) is 4.98 Å². The van der Waals surface area contributed by atoms with Crippen molar-refractivity contribution in [3.05, 3.63) is 102 Å². The Morgan fingerprint density at radius 2 is 1.19 bits per heavy atom. The number of nitrogens with zero attached hydrogens (tertiary/aromatic N) is 1. The molecule has 1 aromatic heterocycles. The molecule has 2 nitrogen and oxygen atoms in total. The molecule has 0 unspecified atom stereocenters. The van der Waals surface area contributed by atoms with E-state index in [4.69, 9.17) is 0 Å². The molecule has 27 heavy (non-hydrogen) atoms. The minimum absolute atomic E-state index is 1.06. The number of aromatic nitrogens is 1. The van der Waals surface area contributed by atoms with Crippen LogP contribution in [0, 0.1) is 0 Å². The smallest absolute Gasteiger partial charge is 0.0657 e. The predicted octanol–water partition coefficient (Wildman–Crippen LogP) is 7.55. The lowest BCUT2D eigenvalue weighted by molar-refractivity contribution is 1.28. The van der Waals surface area contributed by atoms with Crippen LogP contribution in [0.1, 0.15) is 0 Å². The number of aromatic amines is 1. The zero-order chi connectivity index (χ0) is 18.2. The van der Waals surface area contributed by atoms with Crippen LogP contribution in [0.3, 0.4) is 0 Å². The van der Waals surface area contributed by atoms with Crippen molar-refractivity contribution in [3.63, 3.8) is 0 Å². The van der Waals surface area contributed by atoms with Gasteiger partial charge in [0.2, 0.25) is 0 Å². The van der Waals surface area contributed by atoms with E-state index >= 15 is 0 Å². The molecule has 0 saturated carbocycles. The van der Waals surface area contributed by atoms with Gasteiger partial charge >= 0.3 is 0 Å². The second kappa shape index (κ2) is 6.60. The minimum atomic E-state index is 1.06. The van der Waals surface area contributed by atoms with E-state index in [9.17, 15) is 0 Å². The van der Waals surface area contributed by atoms with Gasteiger partial charge in [0.25, 0.3) is 0 Å². The van der Waals surface area contributed by atoms with E-state index < -0.39 is 0 Å². The summed E-state index contributed by atoms with van der Waals surface area (Å²) in [6.07, 6.45) is 0. The van der Waals surface area contributed by atoms with Crippen LogP contribution in [0.2, 0.25) is 0 Å². The lowest BCUT2D eigenvalue weighted by Gasteiger charge is -2.26. The highest BCUT2D eigenvalue weighted by Gasteiger charge is 2.18. The van der Waals surface area contributed by atoms with E-state index in [0.717, 1.165) is 32.6 Å². The third kappa shape index (κ3) is 2.71. The summed E-state index contributed by atoms with van der Waals surface area (Å²) >= 11 is 3.88. The second-order valence-corrected chi connectivity index (χ2v) is 7.29. The zero-order valence-electron chi connectivity index (χ0n) is 14.6. The number of benzene rings is 4. The first-order valence-electron chi connectivity index (χ1n) is 8.92. The van der Waals surface area contributed by atoms with Gasteiger partial charge in [-0.25, -0.2) is 0 Å². The molecule has 0 aliphatic carbocycles. The van der Waals surface area contributed by atoms with Crippen LogP contribution in [-0.2, 0) is 0 Å². The first-order chi connectivity index (χ1) is 13.3. The lowest BCUT2D eigenvalue weighted by atomic mass is 10.1. The molecule has 0 bridgehead atoms. The number of halogens is 1. The maximum absolute atomic E-state index is 3.88. The van der Waals surface area contributed by atoms with E-state index in [2.05, 4.69) is 111 Å². The molecule has 4 aromatic carbocycles. The van der Waals surface area contributed by atoms with Gasteiger partial charge in [-0.1, -0.05) is 60.7 Å². The monoisotopic (exact) mass is 412 g/mol. The molecule has 0 amide bonds. The number of H-pyrrole nitrogens is 1. The van der Waals surface area contributed by atoms with Gasteiger partial charge in [-0.15, -0.1) is 0 Å². The van der Waals surface area contributed by atoms with Crippen molar-refractivity contribution >= 4 is 54.8 Å². The summed E-state index contributed by atoms with van der Waals surface area (Å²) in [5.41, 5.74) is 5.62. The van der Waals surface area contributed by atoms with Crippen molar-refractivity contribution in [1.82, 2.24) is 4.98 Å². The van der Waals surface area contributed by atoms with Gasteiger partial charge in [0.15, 0.2) is 0 Å². The molecule has 5 rings (SSSR count). The van der Waals surface area contributed by atoms with Crippen molar-refractivity contribution in [3.8, 4) is 0 Å². The summed E-state index contributed by atoms with van der Waals surface area (Å²) in [7, 11) is 0. The summed E-state index contributed by atoms with van der Waals surface area (Å²) in [5, 5.41) is 2.47. The van der Waals surface area contributed by atoms with E-state index in [1.54, 1.807) is 0 Å². The van der Waals surface area contributed by atoms with Crippen molar-refractivity contribution in [1.29, 1.82) is 0 Å². The average molecular weight is 413 g/mol. The fourth-order valence-electron chi connectivity index (χ4n) is 3.63. The van der Waals surface area contributed by atoms with Gasteiger partial charge in [0.05, 0.1) is 15.7 Å². The molecule has 130 valence electrons. The molecule has 0 fully saturated rings. The Kier molecular flexibility index (Phi) is 3.95. The molecule has 1 heterocycles. The molecule has 0 radical (unpaired) electrons. The van der Waals surface area contributed by atoms with Crippen LogP contribution in [0.15, 0.2) is 102 Å². The number of nitrogens with one attached hydrogen (secondary N) is 1. The fourth-order valence-corrected chi connectivity index (χ4v) is 4.25. The molecule has 0 aliphatic rings. The van der Waals surface area contributed by atoms with Crippen LogP contribution < -0.4 is 4.90 Å². The normalized spacial score (nSPS) is 11.1. The number of hydrogen-bond acceptors (Lipinski definition) is 1. The van der Waals surface area contributed by atoms with Gasteiger partial charge in [-0.3, -0.25) is 0 Å². The predicted molar refractivity (Wildman–Crippen MR) is 118 cm³/mol. The maximum atomic E-state index is 3.88. The standard InChI is InChI=1S/C24H17BrN2/c25-23-22(16-15-20-19-13-7-8-14-21(19)26-24(20)23)27(17-9-3-1-4-10-17)18-11-5-2-6-12-18/h1-16,26H. The zero-order valence-corrected chi connectivity index (χ0v) is 16.1. The summed E-state index contributed by atoms with van der Waals surface area (Å²) < 4.78 is 1.06. The van der Waals surface area contributed by atoms with E-state index in [1.165, 1.54) is 10.8 Å². The van der Waals surface area contributed by atoms with Crippen LogP contribution in [0.25, 0.3) is 21.8 Å². The molecule has 0 atom stereocenters. The highest BCUT2D eigenvalue weighted by atomic mass is 79.9. The number of fused-ring (bicyclic) bond motifs is 3. The van der Waals surface area contributed by atoms with Gasteiger partial charge in [0, 0.05) is 27.7 Å². The van der Waals surface area contributed by atoms with Crippen LogP contribution in [0.4, 0.5) is 17.1 Å². The molecule has 0 spiro atoms. The quantitative estimate of drug-likeness (QED) is 0.324. The van der Waals surface area contributed by atoms with E-state index in [1.807, 2.05) is 12.1 Å². The first kappa shape index (κ1) is 16.2. The number of rotatable bonds is 3. The third-order valence-electron chi connectivity index (χ3n) is 4.87. The number of anilines is 3. The van der Waals surface area contributed by atoms with Gasteiger partial charge < -0.3 is 9.88 Å². The second-order valence-electron chi connectivity index (χ2n) is 6.50. The van der Waals surface area contributed by atoms with Crippen molar-refractivity contribution in [2.75, 3.05) is 4.90 Å². The van der Waals surface area contributed by atoms with Crippen LogP contribution >= 0.6 is 15.9 Å². The first-order valence-corrected chi connectivity index (χ1v) is 9.71. The molecule has 0 saturated heterocycles. The molecule has 0 aliphatic heterocycles. The topological polar surface area (TPSA) is 19.0 Å². The molecule has 5 aromatic rings. The highest BCUT2D eigenvalue weighted by Crippen LogP contribution is 2.42. The van der Waals surface area contributed by atoms with Crippen molar-refractivity contribution < 1.29 is 0 Å². The summed E-state index contributed by atoms with van der Waals surface area (Å²) in [5.74, 6) is 0. The Morgan fingerprint density at radius 3 is 1.85 bits per heavy atom. The van der Waals surface area contributed by atoms with Crippen LogP contribution in [0.5, 0.6) is 0 Å². The van der Waals surface area contributed by atoms with Gasteiger partial charge in [-0.05, 0) is 52.3 Å². The molecular formula is C24H17BrN2. The lowest BCUT2D eigenvalue weighted by Crippen LogP contribution is -2.10. The molecule has 3 heteroatoms. The maximum Gasteiger partial charge on any atom is 0.0657 e.